The summed E-state index contributed by atoms with van der Waals surface area (Å²) in [7, 11) is 3.04. The lowest BCUT2D eigenvalue weighted by atomic mass is 10.1. The number of halogens is 1. The van der Waals surface area contributed by atoms with Crippen LogP contribution in [0, 0.1) is 5.82 Å². The summed E-state index contributed by atoms with van der Waals surface area (Å²) in [5.74, 6) is -0.0651. The molecule has 0 unspecified atom stereocenters. The van der Waals surface area contributed by atoms with Crippen LogP contribution in [-0.4, -0.2) is 33.3 Å². The fourth-order valence-corrected chi connectivity index (χ4v) is 1.41. The molecule has 0 saturated heterocycles. The zero-order valence-electron chi connectivity index (χ0n) is 9.96. The molecule has 0 atom stereocenters. The van der Waals surface area contributed by atoms with Crippen LogP contribution >= 0.6 is 0 Å². The molecule has 0 saturated carbocycles. The summed E-state index contributed by atoms with van der Waals surface area (Å²) < 4.78 is 22.9. The lowest BCUT2D eigenvalue weighted by Gasteiger charge is -2.09. The minimum Gasteiger partial charge on any atom is -0.496 e. The monoisotopic (exact) mass is 241 g/mol. The molecule has 0 aliphatic rings. The molecular formula is C12H16FNO3. The molecule has 0 heterocycles. The fraction of sp³-hybridized carbons (Fsp3) is 0.417. The van der Waals surface area contributed by atoms with Crippen molar-refractivity contribution in [2.24, 2.45) is 0 Å². The molecule has 1 N–H and O–H groups in total. The molecule has 17 heavy (non-hydrogen) atoms. The highest BCUT2D eigenvalue weighted by Gasteiger charge is 2.09. The van der Waals surface area contributed by atoms with Gasteiger partial charge in [0.05, 0.1) is 20.1 Å². The number of hydrogen-bond acceptors (Lipinski definition) is 3. The number of hydrogen-bond donors (Lipinski definition) is 1. The Kier molecular flexibility index (Phi) is 5.42. The molecule has 4 nitrogen and oxygen atoms in total. The van der Waals surface area contributed by atoms with E-state index in [0.717, 1.165) is 0 Å². The number of amides is 1. The van der Waals surface area contributed by atoms with Gasteiger partial charge in [0.25, 0.3) is 0 Å². The number of ether oxygens (including phenoxy) is 2. The van der Waals surface area contributed by atoms with E-state index in [1.54, 1.807) is 7.11 Å². The maximum Gasteiger partial charge on any atom is 0.224 e. The highest BCUT2D eigenvalue weighted by atomic mass is 19.1. The number of carbonyl (C=O) groups excluding carboxylic acids is 1. The summed E-state index contributed by atoms with van der Waals surface area (Å²) in [4.78, 5) is 11.5. The van der Waals surface area contributed by atoms with Gasteiger partial charge in [-0.15, -0.1) is 0 Å². The van der Waals surface area contributed by atoms with Crippen LogP contribution in [0.5, 0.6) is 5.75 Å². The summed E-state index contributed by atoms with van der Waals surface area (Å²) in [6.45, 7) is 0.888. The normalized spacial score (nSPS) is 10.1. The Morgan fingerprint density at radius 3 is 2.82 bits per heavy atom. The maximum absolute atomic E-state index is 13.0. The number of methoxy groups -OCH3 is 2. The molecule has 94 valence electrons. The van der Waals surface area contributed by atoms with Crippen molar-refractivity contribution < 1.29 is 18.7 Å². The van der Waals surface area contributed by atoms with Crippen LogP contribution in [0.4, 0.5) is 4.39 Å². The van der Waals surface area contributed by atoms with Gasteiger partial charge in [0.15, 0.2) is 0 Å². The Bertz CT molecular complexity index is 382. The first kappa shape index (κ1) is 13.4. The minimum absolute atomic E-state index is 0.0879. The number of carbonyl (C=O) groups is 1. The first-order chi connectivity index (χ1) is 8.17. The van der Waals surface area contributed by atoms with Crippen molar-refractivity contribution in [1.29, 1.82) is 0 Å². The van der Waals surface area contributed by atoms with E-state index in [2.05, 4.69) is 5.32 Å². The Morgan fingerprint density at radius 1 is 1.41 bits per heavy atom. The molecule has 0 aromatic heterocycles. The van der Waals surface area contributed by atoms with Crippen molar-refractivity contribution in [1.82, 2.24) is 5.32 Å². The van der Waals surface area contributed by atoms with Crippen LogP contribution in [0.3, 0.4) is 0 Å². The van der Waals surface area contributed by atoms with Gasteiger partial charge in [-0.2, -0.15) is 0 Å². The van der Waals surface area contributed by atoms with Crippen LogP contribution in [0.25, 0.3) is 0 Å². The Hall–Kier alpha value is -1.62. The average molecular weight is 241 g/mol. The standard InChI is InChI=1S/C12H16FNO3/c1-16-6-5-14-12(15)8-9-7-10(13)3-4-11(9)17-2/h3-4,7H,5-6,8H2,1-2H3,(H,14,15). The second-order valence-electron chi connectivity index (χ2n) is 3.48. The molecule has 5 heteroatoms. The molecular weight excluding hydrogens is 225 g/mol. The van der Waals surface area contributed by atoms with Crippen molar-refractivity contribution in [3.63, 3.8) is 0 Å². The lowest BCUT2D eigenvalue weighted by molar-refractivity contribution is -0.120. The molecule has 1 rings (SSSR count). The van der Waals surface area contributed by atoms with Gasteiger partial charge in [0, 0.05) is 19.2 Å². The fourth-order valence-electron chi connectivity index (χ4n) is 1.41. The average Bonchev–Trinajstić information content (AvgIpc) is 2.29. The predicted octanol–water partition coefficient (Wildman–Crippen LogP) is 1.14. The van der Waals surface area contributed by atoms with E-state index in [-0.39, 0.29) is 18.1 Å². The first-order valence-corrected chi connectivity index (χ1v) is 5.25. The molecule has 0 aliphatic carbocycles. The molecule has 0 aliphatic heterocycles. The van der Waals surface area contributed by atoms with Crippen molar-refractivity contribution >= 4 is 5.91 Å². The summed E-state index contributed by atoms with van der Waals surface area (Å²) >= 11 is 0. The van der Waals surface area contributed by atoms with E-state index in [0.29, 0.717) is 24.5 Å². The third kappa shape index (κ3) is 4.40. The molecule has 0 radical (unpaired) electrons. The van der Waals surface area contributed by atoms with E-state index in [4.69, 9.17) is 9.47 Å². The van der Waals surface area contributed by atoms with Crippen molar-refractivity contribution in [2.75, 3.05) is 27.4 Å². The van der Waals surface area contributed by atoms with Crippen LogP contribution in [0.2, 0.25) is 0 Å². The van der Waals surface area contributed by atoms with Gasteiger partial charge in [-0.1, -0.05) is 0 Å². The maximum atomic E-state index is 13.0. The Balaban J connectivity index is 2.60. The molecule has 0 fully saturated rings. The topological polar surface area (TPSA) is 47.6 Å². The third-order valence-corrected chi connectivity index (χ3v) is 2.22. The van der Waals surface area contributed by atoms with Gasteiger partial charge in [0.2, 0.25) is 5.91 Å². The SMILES string of the molecule is COCCNC(=O)Cc1cc(F)ccc1OC. The smallest absolute Gasteiger partial charge is 0.224 e. The van der Waals surface area contributed by atoms with E-state index in [9.17, 15) is 9.18 Å². The quantitative estimate of drug-likeness (QED) is 0.760. The van der Waals surface area contributed by atoms with Crippen LogP contribution < -0.4 is 10.1 Å². The summed E-state index contributed by atoms with van der Waals surface area (Å²) in [6.07, 6.45) is 0.0879. The minimum atomic E-state index is -0.384. The summed E-state index contributed by atoms with van der Waals surface area (Å²) in [5, 5.41) is 2.66. The van der Waals surface area contributed by atoms with Crippen LogP contribution in [0.15, 0.2) is 18.2 Å². The lowest BCUT2D eigenvalue weighted by Crippen LogP contribution is -2.28. The predicted molar refractivity (Wildman–Crippen MR) is 61.5 cm³/mol. The van der Waals surface area contributed by atoms with Crippen molar-refractivity contribution in [3.8, 4) is 5.75 Å². The van der Waals surface area contributed by atoms with Gasteiger partial charge < -0.3 is 14.8 Å². The van der Waals surface area contributed by atoms with Gasteiger partial charge in [-0.3, -0.25) is 4.79 Å². The van der Waals surface area contributed by atoms with Crippen LogP contribution in [0.1, 0.15) is 5.56 Å². The number of benzene rings is 1. The van der Waals surface area contributed by atoms with Gasteiger partial charge in [0.1, 0.15) is 11.6 Å². The molecule has 0 bridgehead atoms. The van der Waals surface area contributed by atoms with Gasteiger partial charge in [-0.25, -0.2) is 4.39 Å². The molecule has 0 spiro atoms. The molecule has 1 amide bonds. The van der Waals surface area contributed by atoms with E-state index in [1.807, 2.05) is 0 Å². The second-order valence-corrected chi connectivity index (χ2v) is 3.48. The second kappa shape index (κ2) is 6.85. The summed E-state index contributed by atoms with van der Waals surface area (Å²) in [6, 6.07) is 4.10. The van der Waals surface area contributed by atoms with E-state index >= 15 is 0 Å². The number of rotatable bonds is 6. The first-order valence-electron chi connectivity index (χ1n) is 5.25. The van der Waals surface area contributed by atoms with Gasteiger partial charge >= 0.3 is 0 Å². The highest BCUT2D eigenvalue weighted by molar-refractivity contribution is 5.79. The zero-order valence-corrected chi connectivity index (χ0v) is 9.96. The van der Waals surface area contributed by atoms with Crippen molar-refractivity contribution in [2.45, 2.75) is 6.42 Å². The van der Waals surface area contributed by atoms with E-state index in [1.165, 1.54) is 25.3 Å². The van der Waals surface area contributed by atoms with Crippen LogP contribution in [-0.2, 0) is 16.0 Å². The summed E-state index contributed by atoms with van der Waals surface area (Å²) in [5.41, 5.74) is 0.530. The third-order valence-electron chi connectivity index (χ3n) is 2.22. The molecule has 1 aromatic carbocycles. The number of nitrogens with one attached hydrogen (secondary N) is 1. The Morgan fingerprint density at radius 2 is 2.18 bits per heavy atom. The zero-order chi connectivity index (χ0) is 12.7. The Labute approximate surface area is 99.7 Å². The van der Waals surface area contributed by atoms with E-state index < -0.39 is 0 Å². The largest absolute Gasteiger partial charge is 0.496 e. The highest BCUT2D eigenvalue weighted by Crippen LogP contribution is 2.19. The van der Waals surface area contributed by atoms with Gasteiger partial charge in [-0.05, 0) is 18.2 Å². The van der Waals surface area contributed by atoms with Crippen molar-refractivity contribution in [3.05, 3.63) is 29.6 Å². The molecule has 1 aromatic rings.